The Hall–Kier alpha value is -13.2. The van der Waals surface area contributed by atoms with Crippen LogP contribution < -0.4 is 14.2 Å². The van der Waals surface area contributed by atoms with Gasteiger partial charge in [-0.1, -0.05) is 278 Å². The third-order valence-electron chi connectivity index (χ3n) is 21.6. The molecule has 128 heavy (non-hydrogen) atoms. The quantitative estimate of drug-likeness (QED) is 0.0400. The van der Waals surface area contributed by atoms with E-state index in [9.17, 15) is 14.7 Å². The molecule has 18 aromatic rings. The van der Waals surface area contributed by atoms with Crippen molar-refractivity contribution in [3.05, 3.63) is 472 Å². The van der Waals surface area contributed by atoms with E-state index in [0.717, 1.165) is 90.5 Å². The number of aliphatic hydroxyl groups excluding tert-OH is 1. The molecule has 18 rings (SSSR count). The van der Waals surface area contributed by atoms with E-state index in [0.29, 0.717) is 0 Å². The molecule has 0 bridgehead atoms. The van der Waals surface area contributed by atoms with Crippen LogP contribution >= 0.6 is 35.3 Å². The van der Waals surface area contributed by atoms with E-state index in [1.165, 1.54) is 83.7 Å². The van der Waals surface area contributed by atoms with Crippen LogP contribution in [0.15, 0.2) is 528 Å². The Kier molecular flexibility index (Phi) is 29.8. The molecule has 0 heterocycles. The smallest absolute Gasteiger partial charge is 0.208 e. The Balaban J connectivity index is 0.000000141. The van der Waals surface area contributed by atoms with Gasteiger partial charge in [0.2, 0.25) is 4.90 Å². The van der Waals surface area contributed by atoms with E-state index >= 15 is 0 Å². The average molecular weight is 1780 g/mol. The van der Waals surface area contributed by atoms with Gasteiger partial charge in [0.05, 0.1) is 54.6 Å². The molecular weight excluding hydrogens is 1680 g/mol. The number of ketones is 2. The van der Waals surface area contributed by atoms with Gasteiger partial charge in [0, 0.05) is 53.3 Å². The molecule has 626 valence electrons. The SMILES string of the molecule is CC(=O)c1ccccc1-c1ccc(Sc2ccc([S+](c3ccccc3)c3ccc(-c4ccccc4C(C)=O)cc3)cc2)cc1.COc1cc([S+](c2ccc(-c3ccccc3)cc2)c2ccccc2OC)ccc1Sc1ccc(-c2ccccc2)cc1.COc1cccc([S+](c2ccc(-c3ccccc3)cc2)c2ccc(Sc3ccc(-c4ccccc4)cc3)cc2CO)c1. The van der Waals surface area contributed by atoms with Crippen LogP contribution in [-0.4, -0.2) is 38.0 Å². The van der Waals surface area contributed by atoms with Gasteiger partial charge in [-0.15, -0.1) is 0 Å². The van der Waals surface area contributed by atoms with Crippen LogP contribution in [0.2, 0.25) is 0 Å². The molecule has 12 heteroatoms. The first-order valence-corrected chi connectivity index (χ1v) is 48.2. The van der Waals surface area contributed by atoms with Crippen LogP contribution in [0.1, 0.15) is 40.1 Å². The summed E-state index contributed by atoms with van der Waals surface area (Å²) in [7, 11) is 4.07. The van der Waals surface area contributed by atoms with Crippen LogP contribution in [0.4, 0.5) is 0 Å². The fraction of sp³-hybridized carbons (Fsp3) is 0.0517. The van der Waals surface area contributed by atoms with Crippen molar-refractivity contribution in [2.45, 2.75) is 93.9 Å². The number of carbonyl (C=O) groups excluding carboxylic acids is 2. The Morgan fingerprint density at radius 1 is 0.250 bits per heavy atom. The highest BCUT2D eigenvalue weighted by molar-refractivity contribution is 8.00. The summed E-state index contributed by atoms with van der Waals surface area (Å²) in [6.45, 7) is 3.19. The number of rotatable bonds is 27. The van der Waals surface area contributed by atoms with E-state index in [2.05, 4.69) is 358 Å². The van der Waals surface area contributed by atoms with Crippen molar-refractivity contribution in [3.63, 3.8) is 0 Å². The number of benzene rings is 18. The van der Waals surface area contributed by atoms with Crippen LogP contribution in [0.3, 0.4) is 0 Å². The zero-order chi connectivity index (χ0) is 87.9. The first-order valence-electron chi connectivity index (χ1n) is 42.1. The van der Waals surface area contributed by atoms with Gasteiger partial charge in [0.25, 0.3) is 0 Å². The van der Waals surface area contributed by atoms with Crippen molar-refractivity contribution in [1.29, 1.82) is 0 Å². The fourth-order valence-corrected chi connectivity index (χ4v) is 24.3. The molecule has 0 aliphatic carbocycles. The maximum Gasteiger partial charge on any atom is 0.208 e. The molecule has 18 aromatic carbocycles. The molecule has 0 saturated heterocycles. The maximum absolute atomic E-state index is 12.2. The lowest BCUT2D eigenvalue weighted by atomic mass is 9.98. The molecular formula is C116H93O6S6+3. The minimum Gasteiger partial charge on any atom is -0.497 e. The third kappa shape index (κ3) is 21.9. The summed E-state index contributed by atoms with van der Waals surface area (Å²) in [6.07, 6.45) is 0. The summed E-state index contributed by atoms with van der Waals surface area (Å²) in [4.78, 5) is 41.9. The van der Waals surface area contributed by atoms with Crippen molar-refractivity contribution < 1.29 is 28.9 Å². The zero-order valence-electron chi connectivity index (χ0n) is 71.4. The second kappa shape index (κ2) is 43.3. The molecule has 6 nitrogen and oxygen atoms in total. The number of aliphatic hydroxyl groups is 1. The first-order chi connectivity index (χ1) is 62.9. The number of ether oxygens (including phenoxy) is 3. The third-order valence-corrected chi connectivity index (χ3v) is 31.5. The van der Waals surface area contributed by atoms with Gasteiger partial charge in [-0.2, -0.15) is 0 Å². The molecule has 3 atom stereocenters. The van der Waals surface area contributed by atoms with E-state index < -0.39 is 21.8 Å². The molecule has 0 spiro atoms. The highest BCUT2D eigenvalue weighted by atomic mass is 32.2. The zero-order valence-corrected chi connectivity index (χ0v) is 76.3. The first kappa shape index (κ1) is 88.2. The number of para-hydroxylation sites is 1. The van der Waals surface area contributed by atoms with E-state index in [4.69, 9.17) is 14.2 Å². The summed E-state index contributed by atoms with van der Waals surface area (Å²) in [5.41, 5.74) is 16.0. The minimum absolute atomic E-state index is 0.0355. The van der Waals surface area contributed by atoms with Crippen LogP contribution in [0, 0.1) is 0 Å². The molecule has 0 fully saturated rings. The van der Waals surface area contributed by atoms with Gasteiger partial charge < -0.3 is 19.3 Å². The van der Waals surface area contributed by atoms with E-state index in [1.54, 1.807) is 70.5 Å². The molecule has 0 aromatic heterocycles. The van der Waals surface area contributed by atoms with Crippen LogP contribution in [-0.2, 0) is 39.3 Å². The number of carbonyl (C=O) groups is 2. The topological polar surface area (TPSA) is 82.1 Å². The van der Waals surface area contributed by atoms with Crippen LogP contribution in [0.5, 0.6) is 17.2 Å². The number of Topliss-reactive ketones (excluding diaryl/α,β-unsaturated/α-hetero) is 2. The molecule has 0 amide bonds. The molecule has 0 aliphatic heterocycles. The Bertz CT molecular complexity index is 6630. The molecule has 0 aliphatic rings. The lowest BCUT2D eigenvalue weighted by Crippen LogP contribution is -2.08. The number of methoxy groups -OCH3 is 3. The molecule has 1 N–H and O–H groups in total. The van der Waals surface area contributed by atoms with Gasteiger partial charge in [-0.3, -0.25) is 9.59 Å². The van der Waals surface area contributed by atoms with Gasteiger partial charge in [-0.25, -0.2) is 0 Å². The van der Waals surface area contributed by atoms with Crippen molar-refractivity contribution in [2.24, 2.45) is 0 Å². The molecule has 3 unspecified atom stereocenters. The maximum atomic E-state index is 12.2. The van der Waals surface area contributed by atoms with Crippen molar-refractivity contribution in [2.75, 3.05) is 21.3 Å². The Morgan fingerprint density at radius 2 is 0.570 bits per heavy atom. The monoisotopic (exact) mass is 1770 g/mol. The fourth-order valence-electron chi connectivity index (χ4n) is 15.2. The highest BCUT2D eigenvalue weighted by Gasteiger charge is 2.35. The van der Waals surface area contributed by atoms with Gasteiger partial charge in [0.15, 0.2) is 56.5 Å². The standard InChI is InChI=1S/C40H31O2S2.2C38H31O2S2/c1-28(41)37-12-6-8-14-39(37)30-16-20-32(21-17-30)43-33-22-26-36(27-23-33)44(34-10-4-3-5-11-34)35-24-18-31(19-25-35)40-15-9-7-13-38(40)29(2)42;1-39-35-15-9-10-16-38(35)42(33-23-19-31(20-24-33)29-13-7-4-8-14-29)34-25-26-37(36(27-34)40-2)41-32-21-17-30(18-22-32)28-11-5-3-6-12-28;1-40-33-13-8-14-37(26-33)42(36-22-17-31(18-23-36)29-11-6-3-7-12-29)38-24-21-35(25-32(38)27-39)41-34-19-15-30(16-20-34)28-9-4-2-5-10-28/h3-27H,1-2H3;3-27H,1-2H3;2-26,39H,27H2,1H3/q3*+1. The highest BCUT2D eigenvalue weighted by Crippen LogP contribution is 2.45. The lowest BCUT2D eigenvalue weighted by Gasteiger charge is -2.14. The van der Waals surface area contributed by atoms with Gasteiger partial charge >= 0.3 is 0 Å². The summed E-state index contributed by atoms with van der Waals surface area (Å²) in [5, 5.41) is 10.6. The van der Waals surface area contributed by atoms with Crippen molar-refractivity contribution in [1.82, 2.24) is 0 Å². The number of hydrogen-bond acceptors (Lipinski definition) is 9. The minimum atomic E-state index is -0.431. The second-order valence-electron chi connectivity index (χ2n) is 29.9. The van der Waals surface area contributed by atoms with Gasteiger partial charge in [0.1, 0.15) is 22.4 Å². The predicted octanol–water partition coefficient (Wildman–Crippen LogP) is 30.7. The summed E-state index contributed by atoms with van der Waals surface area (Å²) >= 11 is 5.15. The molecule has 0 saturated carbocycles. The lowest BCUT2D eigenvalue weighted by molar-refractivity contribution is 0.101. The summed E-state index contributed by atoms with van der Waals surface area (Å²) in [6, 6.07) is 159. The summed E-state index contributed by atoms with van der Waals surface area (Å²) < 4.78 is 17.4. The largest absolute Gasteiger partial charge is 0.497 e. The van der Waals surface area contributed by atoms with Crippen LogP contribution in [0.25, 0.3) is 66.8 Å². The molecule has 0 radical (unpaired) electrons. The Morgan fingerprint density at radius 3 is 1.02 bits per heavy atom. The Labute approximate surface area is 772 Å². The summed E-state index contributed by atoms with van der Waals surface area (Å²) in [5.74, 6) is 2.70. The van der Waals surface area contributed by atoms with Crippen molar-refractivity contribution >= 4 is 79.5 Å². The number of hydrogen-bond donors (Lipinski definition) is 1. The predicted molar refractivity (Wildman–Crippen MR) is 534 cm³/mol. The normalized spacial score (nSPS) is 11.6. The van der Waals surface area contributed by atoms with E-state index in [-0.39, 0.29) is 29.1 Å². The second-order valence-corrected chi connectivity index (χ2v) is 39.3. The van der Waals surface area contributed by atoms with E-state index in [1.807, 2.05) is 97.1 Å². The van der Waals surface area contributed by atoms with Gasteiger partial charge in [-0.05, 0) is 281 Å². The average Bonchev–Trinajstić information content (AvgIpc) is 0.793. The van der Waals surface area contributed by atoms with Crippen molar-refractivity contribution in [3.8, 4) is 84.0 Å².